The number of primary amides is 1. The summed E-state index contributed by atoms with van der Waals surface area (Å²) in [7, 11) is -4.50. The molecule has 0 aliphatic carbocycles. The molecule has 4 N–H and O–H groups in total. The molecule has 0 bridgehead atoms. The van der Waals surface area contributed by atoms with E-state index < -0.39 is 13.7 Å². The van der Waals surface area contributed by atoms with E-state index in [0.717, 1.165) is 47.3 Å². The number of carbonyl (C=O) groups is 1. The zero-order chi connectivity index (χ0) is 22.5. The Morgan fingerprint density at radius 2 is 1.87 bits per heavy atom. The van der Waals surface area contributed by atoms with Gasteiger partial charge in [0.15, 0.2) is 0 Å². The Kier molecular flexibility index (Phi) is 8.44. The van der Waals surface area contributed by atoms with Crippen molar-refractivity contribution in [2.45, 2.75) is 59.9 Å². The highest BCUT2D eigenvalue weighted by molar-refractivity contribution is 7.46. The highest BCUT2D eigenvalue weighted by Crippen LogP contribution is 2.37. The molecule has 0 saturated heterocycles. The summed E-state index contributed by atoms with van der Waals surface area (Å²) in [5, 5.41) is 0. The molecule has 1 aromatic heterocycles. The molecule has 1 unspecified atom stereocenters. The first-order valence-corrected chi connectivity index (χ1v) is 11.9. The van der Waals surface area contributed by atoms with Crippen LogP contribution in [0.1, 0.15) is 60.4 Å². The van der Waals surface area contributed by atoms with Crippen molar-refractivity contribution in [1.82, 2.24) is 4.57 Å². The molecule has 0 radical (unpaired) electrons. The van der Waals surface area contributed by atoms with E-state index in [1.807, 2.05) is 38.1 Å². The summed E-state index contributed by atoms with van der Waals surface area (Å²) in [6.45, 7) is 8.63. The van der Waals surface area contributed by atoms with Gasteiger partial charge in [0.05, 0.1) is 12.2 Å². The number of nitrogens with two attached hydrogens (primary N) is 1. The molecule has 0 saturated carbocycles. The summed E-state index contributed by atoms with van der Waals surface area (Å²) in [6, 6.07) is 8.04. The van der Waals surface area contributed by atoms with E-state index in [-0.39, 0.29) is 6.61 Å². The highest BCUT2D eigenvalue weighted by atomic mass is 31.2. The van der Waals surface area contributed by atoms with E-state index in [4.69, 9.17) is 15.5 Å². The van der Waals surface area contributed by atoms with Crippen molar-refractivity contribution in [3.05, 3.63) is 46.8 Å². The zero-order valence-corrected chi connectivity index (χ0v) is 19.1. The van der Waals surface area contributed by atoms with Crippen LogP contribution in [0.5, 0.6) is 0 Å². The highest BCUT2D eigenvalue weighted by Gasteiger charge is 2.25. The van der Waals surface area contributed by atoms with Crippen molar-refractivity contribution in [2.75, 3.05) is 6.61 Å². The molecule has 1 heterocycles. The molecule has 2 aromatic rings. The number of rotatable bonds is 11. The maximum absolute atomic E-state index is 12.4. The fourth-order valence-electron chi connectivity index (χ4n) is 3.98. The third kappa shape index (κ3) is 6.29. The van der Waals surface area contributed by atoms with E-state index in [0.29, 0.717) is 24.4 Å². The van der Waals surface area contributed by atoms with Gasteiger partial charge < -0.3 is 20.1 Å². The standard InChI is InChI=1S/C22H33N2O5P/c1-5-7-16(3)14-19-21(18-10-8-15(2)9-11-18)20(22(23)25)17(4)24(19)12-6-13-29-30(26,27)28/h8-11,16H,5-7,12-14H2,1-4H3,(H2,23,25)(H2,26,27,28). The number of benzene rings is 1. The monoisotopic (exact) mass is 436 g/mol. The second kappa shape index (κ2) is 10.4. The number of amides is 1. The van der Waals surface area contributed by atoms with Gasteiger partial charge in [-0.3, -0.25) is 9.32 Å². The Hall–Kier alpha value is -1.92. The van der Waals surface area contributed by atoms with Crippen LogP contribution in [0.4, 0.5) is 0 Å². The van der Waals surface area contributed by atoms with Gasteiger partial charge in [-0.15, -0.1) is 0 Å². The lowest BCUT2D eigenvalue weighted by Gasteiger charge is -2.17. The Balaban J connectivity index is 2.52. The van der Waals surface area contributed by atoms with Gasteiger partial charge in [-0.05, 0) is 38.2 Å². The molecule has 2 rings (SSSR count). The van der Waals surface area contributed by atoms with Crippen LogP contribution in [0.2, 0.25) is 0 Å². The topological polar surface area (TPSA) is 115 Å². The summed E-state index contributed by atoms with van der Waals surface area (Å²) < 4.78 is 17.6. The summed E-state index contributed by atoms with van der Waals surface area (Å²) in [4.78, 5) is 30.2. The lowest BCUT2D eigenvalue weighted by Crippen LogP contribution is -2.14. The molecule has 0 aliphatic heterocycles. The Labute approximate surface area is 178 Å². The molecule has 0 fully saturated rings. The quantitative estimate of drug-likeness (QED) is 0.358. The largest absolute Gasteiger partial charge is 0.469 e. The molecule has 0 aliphatic rings. The molecule has 8 heteroatoms. The van der Waals surface area contributed by atoms with Gasteiger partial charge in [0.2, 0.25) is 0 Å². The van der Waals surface area contributed by atoms with Crippen molar-refractivity contribution in [3.63, 3.8) is 0 Å². The lowest BCUT2D eigenvalue weighted by atomic mass is 9.93. The van der Waals surface area contributed by atoms with Gasteiger partial charge in [-0.25, -0.2) is 4.57 Å². The second-order valence-corrected chi connectivity index (χ2v) is 9.18. The van der Waals surface area contributed by atoms with Crippen LogP contribution in [0.3, 0.4) is 0 Å². The van der Waals surface area contributed by atoms with Crippen molar-refractivity contribution in [1.29, 1.82) is 0 Å². The summed E-state index contributed by atoms with van der Waals surface area (Å²) in [5.74, 6) is -0.0583. The van der Waals surface area contributed by atoms with Crippen molar-refractivity contribution in [3.8, 4) is 11.1 Å². The molecule has 1 atom stereocenters. The number of nitrogens with zero attached hydrogens (tertiary/aromatic N) is 1. The third-order valence-electron chi connectivity index (χ3n) is 5.33. The van der Waals surface area contributed by atoms with Crippen LogP contribution in [0.25, 0.3) is 11.1 Å². The Bertz CT molecular complexity index is 915. The van der Waals surface area contributed by atoms with Gasteiger partial charge in [-0.1, -0.05) is 56.5 Å². The van der Waals surface area contributed by atoms with Crippen LogP contribution in [0, 0.1) is 19.8 Å². The smallest absolute Gasteiger partial charge is 0.366 e. The van der Waals surface area contributed by atoms with E-state index >= 15 is 0 Å². The molecule has 7 nitrogen and oxygen atoms in total. The van der Waals surface area contributed by atoms with E-state index in [9.17, 15) is 9.36 Å². The van der Waals surface area contributed by atoms with Crippen LogP contribution in [0.15, 0.2) is 24.3 Å². The average molecular weight is 436 g/mol. The maximum Gasteiger partial charge on any atom is 0.469 e. The van der Waals surface area contributed by atoms with Crippen molar-refractivity contribution < 1.29 is 23.7 Å². The Morgan fingerprint density at radius 3 is 2.40 bits per heavy atom. The maximum atomic E-state index is 12.4. The first kappa shape index (κ1) is 24.4. The van der Waals surface area contributed by atoms with Gasteiger partial charge in [0, 0.05) is 23.5 Å². The number of hydrogen-bond acceptors (Lipinski definition) is 3. The van der Waals surface area contributed by atoms with Gasteiger partial charge >= 0.3 is 7.82 Å². The van der Waals surface area contributed by atoms with Crippen LogP contribution in [-0.2, 0) is 22.1 Å². The zero-order valence-electron chi connectivity index (χ0n) is 18.2. The fourth-order valence-corrected chi connectivity index (χ4v) is 4.34. The minimum atomic E-state index is -4.50. The first-order valence-electron chi connectivity index (χ1n) is 10.3. The molecule has 30 heavy (non-hydrogen) atoms. The number of aromatic nitrogens is 1. The van der Waals surface area contributed by atoms with E-state index in [1.165, 1.54) is 0 Å². The van der Waals surface area contributed by atoms with Crippen molar-refractivity contribution in [2.24, 2.45) is 11.7 Å². The predicted molar refractivity (Wildman–Crippen MR) is 118 cm³/mol. The van der Waals surface area contributed by atoms with E-state index in [1.54, 1.807) is 0 Å². The van der Waals surface area contributed by atoms with Crippen molar-refractivity contribution >= 4 is 13.7 Å². The number of aryl methyl sites for hydroxylation is 1. The lowest BCUT2D eigenvalue weighted by molar-refractivity contribution is 0.1000. The first-order chi connectivity index (χ1) is 14.0. The number of phosphoric ester groups is 1. The normalized spacial score (nSPS) is 12.9. The minimum absolute atomic E-state index is 0.0718. The Morgan fingerprint density at radius 1 is 1.23 bits per heavy atom. The predicted octanol–water partition coefficient (Wildman–Crippen LogP) is 4.35. The van der Waals surface area contributed by atoms with Gasteiger partial charge in [0.1, 0.15) is 0 Å². The third-order valence-corrected chi connectivity index (χ3v) is 5.85. The minimum Gasteiger partial charge on any atom is -0.366 e. The summed E-state index contributed by atoms with van der Waals surface area (Å²) in [5.41, 5.74) is 11.0. The molecule has 0 spiro atoms. The van der Waals surface area contributed by atoms with Gasteiger partial charge in [0.25, 0.3) is 5.91 Å². The number of carbonyl (C=O) groups excluding carboxylic acids is 1. The summed E-state index contributed by atoms with van der Waals surface area (Å²) >= 11 is 0. The van der Waals surface area contributed by atoms with E-state index in [2.05, 4.69) is 22.9 Å². The molecule has 166 valence electrons. The second-order valence-electron chi connectivity index (χ2n) is 7.94. The van der Waals surface area contributed by atoms with Crippen LogP contribution >= 0.6 is 7.82 Å². The SMILES string of the molecule is CCCC(C)Cc1c(-c2ccc(C)cc2)c(C(N)=O)c(C)n1CCCOP(=O)(O)O. The average Bonchev–Trinajstić information content (AvgIpc) is 2.91. The van der Waals surface area contributed by atoms with Crippen LogP contribution < -0.4 is 5.73 Å². The number of hydrogen-bond donors (Lipinski definition) is 3. The summed E-state index contributed by atoms with van der Waals surface area (Å²) in [6.07, 6.45) is 3.32. The molecule has 1 amide bonds. The molecular weight excluding hydrogens is 403 g/mol. The number of phosphoric acid groups is 1. The van der Waals surface area contributed by atoms with Gasteiger partial charge in [-0.2, -0.15) is 0 Å². The van der Waals surface area contributed by atoms with Crippen LogP contribution in [-0.4, -0.2) is 26.9 Å². The molecule has 1 aromatic carbocycles. The fraction of sp³-hybridized carbons (Fsp3) is 0.500. The molecular formula is C22H33N2O5P.